The highest BCUT2D eigenvalue weighted by atomic mass is 19.1. The first-order valence-corrected chi connectivity index (χ1v) is 9.75. The third kappa shape index (κ3) is 4.99. The lowest BCUT2D eigenvalue weighted by molar-refractivity contribution is -0.124. The molecule has 0 radical (unpaired) electrons. The van der Waals surface area contributed by atoms with Crippen molar-refractivity contribution in [3.63, 3.8) is 0 Å². The maximum atomic E-state index is 13.0. The minimum Gasteiger partial charge on any atom is -0.354 e. The average Bonchev–Trinajstić information content (AvgIpc) is 3.22. The number of nitrogens with zero attached hydrogens (tertiary/aromatic N) is 1. The van der Waals surface area contributed by atoms with Crippen molar-refractivity contribution in [2.45, 2.75) is 32.2 Å². The summed E-state index contributed by atoms with van der Waals surface area (Å²) in [7, 11) is 0. The summed E-state index contributed by atoms with van der Waals surface area (Å²) < 4.78 is 13.0. The average molecular weight is 397 g/mol. The molecule has 2 aromatic carbocycles. The van der Waals surface area contributed by atoms with Gasteiger partial charge in [0.15, 0.2) is 0 Å². The van der Waals surface area contributed by atoms with Gasteiger partial charge >= 0.3 is 0 Å². The van der Waals surface area contributed by atoms with Crippen LogP contribution in [0, 0.1) is 5.82 Å². The highest BCUT2D eigenvalue weighted by Crippen LogP contribution is 2.21. The van der Waals surface area contributed by atoms with Gasteiger partial charge in [-0.1, -0.05) is 6.92 Å². The number of likely N-dealkylation sites (tertiary alicyclic amines) is 1. The first-order chi connectivity index (χ1) is 14.0. The molecule has 1 aliphatic rings. The van der Waals surface area contributed by atoms with Crippen molar-refractivity contribution in [1.29, 1.82) is 0 Å². The molecule has 2 N–H and O–H groups in total. The molecule has 3 rings (SSSR count). The molecule has 0 aliphatic carbocycles. The van der Waals surface area contributed by atoms with E-state index in [1.165, 1.54) is 24.3 Å². The van der Waals surface area contributed by atoms with Crippen LogP contribution >= 0.6 is 0 Å². The third-order valence-corrected chi connectivity index (χ3v) is 4.86. The predicted octanol–water partition coefficient (Wildman–Crippen LogP) is 3.21. The van der Waals surface area contributed by atoms with Crippen LogP contribution in [0.15, 0.2) is 48.5 Å². The van der Waals surface area contributed by atoms with Crippen molar-refractivity contribution >= 4 is 23.4 Å². The van der Waals surface area contributed by atoms with Gasteiger partial charge in [-0.2, -0.15) is 0 Å². The molecule has 6 nitrogen and oxygen atoms in total. The molecule has 0 aromatic heterocycles. The van der Waals surface area contributed by atoms with Crippen molar-refractivity contribution in [2.24, 2.45) is 0 Å². The lowest BCUT2D eigenvalue weighted by atomic mass is 10.1. The van der Waals surface area contributed by atoms with Gasteiger partial charge in [0.25, 0.3) is 11.8 Å². The Morgan fingerprint density at radius 2 is 1.69 bits per heavy atom. The van der Waals surface area contributed by atoms with Crippen LogP contribution in [-0.2, 0) is 4.79 Å². The summed E-state index contributed by atoms with van der Waals surface area (Å²) in [5.41, 5.74) is 1.32. The molecule has 1 atom stereocenters. The minimum absolute atomic E-state index is 0.110. The largest absolute Gasteiger partial charge is 0.354 e. The lowest BCUT2D eigenvalue weighted by Crippen LogP contribution is -2.46. The monoisotopic (exact) mass is 397 g/mol. The number of hydrogen-bond donors (Lipinski definition) is 2. The van der Waals surface area contributed by atoms with Gasteiger partial charge in [-0.25, -0.2) is 4.39 Å². The summed E-state index contributed by atoms with van der Waals surface area (Å²) in [5, 5.41) is 5.57. The molecule has 3 amide bonds. The zero-order chi connectivity index (χ0) is 20.8. The molecule has 1 fully saturated rings. The summed E-state index contributed by atoms with van der Waals surface area (Å²) in [6.07, 6.45) is 2.30. The molecular weight excluding hydrogens is 373 g/mol. The van der Waals surface area contributed by atoms with Gasteiger partial charge in [0.05, 0.1) is 0 Å². The summed E-state index contributed by atoms with van der Waals surface area (Å²) in [5.74, 6) is -1.08. The van der Waals surface area contributed by atoms with Gasteiger partial charge in [0.1, 0.15) is 11.9 Å². The van der Waals surface area contributed by atoms with E-state index in [9.17, 15) is 18.8 Å². The SMILES string of the molecule is CCCNC(=O)[C@@H]1CCCN1C(=O)c1ccc(NC(=O)c2ccc(F)cc2)cc1. The fourth-order valence-electron chi connectivity index (χ4n) is 3.31. The number of benzene rings is 2. The minimum atomic E-state index is -0.438. The van der Waals surface area contributed by atoms with E-state index in [1.807, 2.05) is 6.92 Å². The third-order valence-electron chi connectivity index (χ3n) is 4.86. The van der Waals surface area contributed by atoms with Gasteiger partial charge in [-0.05, 0) is 67.8 Å². The van der Waals surface area contributed by atoms with E-state index in [0.717, 1.165) is 12.8 Å². The second-order valence-corrected chi connectivity index (χ2v) is 6.99. The summed E-state index contributed by atoms with van der Waals surface area (Å²) in [4.78, 5) is 39.0. The fourth-order valence-corrected chi connectivity index (χ4v) is 3.31. The Kier molecular flexibility index (Phi) is 6.59. The molecule has 29 heavy (non-hydrogen) atoms. The molecule has 152 valence electrons. The number of anilines is 1. The Balaban J connectivity index is 1.64. The number of carbonyl (C=O) groups excluding carboxylic acids is 3. The van der Waals surface area contributed by atoms with E-state index in [-0.39, 0.29) is 17.7 Å². The number of hydrogen-bond acceptors (Lipinski definition) is 3. The second-order valence-electron chi connectivity index (χ2n) is 6.99. The van der Waals surface area contributed by atoms with E-state index >= 15 is 0 Å². The maximum absolute atomic E-state index is 13.0. The number of halogens is 1. The van der Waals surface area contributed by atoms with E-state index in [4.69, 9.17) is 0 Å². The molecular formula is C22H24FN3O3. The Morgan fingerprint density at radius 1 is 1.03 bits per heavy atom. The summed E-state index contributed by atoms with van der Waals surface area (Å²) in [6, 6.07) is 11.3. The molecule has 1 aliphatic heterocycles. The van der Waals surface area contributed by atoms with E-state index in [1.54, 1.807) is 29.2 Å². The molecule has 1 saturated heterocycles. The van der Waals surface area contributed by atoms with Crippen molar-refractivity contribution < 1.29 is 18.8 Å². The second kappa shape index (κ2) is 9.32. The van der Waals surface area contributed by atoms with E-state index in [0.29, 0.717) is 36.3 Å². The van der Waals surface area contributed by atoms with Gasteiger partial charge in [0, 0.05) is 29.9 Å². The van der Waals surface area contributed by atoms with Crippen LogP contribution in [0.4, 0.5) is 10.1 Å². The fraction of sp³-hybridized carbons (Fsp3) is 0.318. The normalized spacial score (nSPS) is 15.8. The van der Waals surface area contributed by atoms with Crippen molar-refractivity contribution in [2.75, 3.05) is 18.4 Å². The molecule has 0 unspecified atom stereocenters. The zero-order valence-electron chi connectivity index (χ0n) is 16.3. The van der Waals surface area contributed by atoms with Crippen molar-refractivity contribution in [3.05, 3.63) is 65.5 Å². The first kappa shape index (κ1) is 20.5. The first-order valence-electron chi connectivity index (χ1n) is 9.75. The van der Waals surface area contributed by atoms with Crippen LogP contribution in [0.1, 0.15) is 46.9 Å². The number of rotatable bonds is 6. The van der Waals surface area contributed by atoms with Crippen LogP contribution in [0.5, 0.6) is 0 Å². The van der Waals surface area contributed by atoms with E-state index in [2.05, 4.69) is 10.6 Å². The van der Waals surface area contributed by atoms with Crippen LogP contribution in [0.3, 0.4) is 0 Å². The van der Waals surface area contributed by atoms with Crippen LogP contribution in [-0.4, -0.2) is 41.8 Å². The van der Waals surface area contributed by atoms with Gasteiger partial charge in [0.2, 0.25) is 5.91 Å². The predicted molar refractivity (Wildman–Crippen MR) is 108 cm³/mol. The lowest BCUT2D eigenvalue weighted by Gasteiger charge is -2.24. The van der Waals surface area contributed by atoms with Crippen LogP contribution in [0.2, 0.25) is 0 Å². The number of nitrogens with one attached hydrogen (secondary N) is 2. The Bertz CT molecular complexity index is 881. The van der Waals surface area contributed by atoms with Crippen molar-refractivity contribution in [3.8, 4) is 0 Å². The maximum Gasteiger partial charge on any atom is 0.255 e. The van der Waals surface area contributed by atoms with Crippen molar-refractivity contribution in [1.82, 2.24) is 10.2 Å². The zero-order valence-corrected chi connectivity index (χ0v) is 16.3. The molecule has 1 heterocycles. The highest BCUT2D eigenvalue weighted by Gasteiger charge is 2.34. The Hall–Kier alpha value is -3.22. The molecule has 7 heteroatoms. The number of carbonyl (C=O) groups is 3. The van der Waals surface area contributed by atoms with Crippen LogP contribution in [0.25, 0.3) is 0 Å². The molecule has 0 bridgehead atoms. The Morgan fingerprint density at radius 3 is 2.34 bits per heavy atom. The van der Waals surface area contributed by atoms with E-state index < -0.39 is 11.9 Å². The summed E-state index contributed by atoms with van der Waals surface area (Å²) in [6.45, 7) is 3.13. The molecule has 0 spiro atoms. The van der Waals surface area contributed by atoms with Crippen LogP contribution < -0.4 is 10.6 Å². The molecule has 2 aromatic rings. The smallest absolute Gasteiger partial charge is 0.255 e. The van der Waals surface area contributed by atoms with Gasteiger partial charge in [-0.15, -0.1) is 0 Å². The highest BCUT2D eigenvalue weighted by molar-refractivity contribution is 6.04. The standard InChI is InChI=1S/C22H24FN3O3/c1-2-13-24-21(28)19-4-3-14-26(19)22(29)16-7-11-18(12-8-16)25-20(27)15-5-9-17(23)10-6-15/h5-12,19H,2-4,13-14H2,1H3,(H,24,28)(H,25,27)/t19-/m0/s1. The van der Waals surface area contributed by atoms with Gasteiger partial charge < -0.3 is 15.5 Å². The quantitative estimate of drug-likeness (QED) is 0.786. The Labute approximate surface area is 169 Å². The topological polar surface area (TPSA) is 78.5 Å². The number of amides is 3. The molecule has 0 saturated carbocycles. The summed E-state index contributed by atoms with van der Waals surface area (Å²) >= 11 is 0. The van der Waals surface area contributed by atoms with Gasteiger partial charge in [-0.3, -0.25) is 14.4 Å².